The number of rotatable bonds is 14. The topological polar surface area (TPSA) is 80.4 Å². The van der Waals surface area contributed by atoms with Crippen LogP contribution < -0.4 is 35.3 Å². The van der Waals surface area contributed by atoms with Crippen LogP contribution in [-0.4, -0.2) is 34.4 Å². The van der Waals surface area contributed by atoms with Crippen LogP contribution in [0.4, 0.5) is 0 Å². The zero-order valence-corrected chi connectivity index (χ0v) is 16.4. The van der Waals surface area contributed by atoms with Gasteiger partial charge in [-0.2, -0.15) is 11.8 Å². The van der Waals surface area contributed by atoms with Crippen molar-refractivity contribution < 1.29 is 45.7 Å². The Labute approximate surface area is 156 Å². The van der Waals surface area contributed by atoms with Crippen LogP contribution in [-0.2, 0) is 9.59 Å². The van der Waals surface area contributed by atoms with Crippen molar-refractivity contribution in [3.05, 3.63) is 0 Å². The van der Waals surface area contributed by atoms with Crippen molar-refractivity contribution in [3.8, 4) is 0 Å². The van der Waals surface area contributed by atoms with Crippen LogP contribution >= 0.6 is 11.8 Å². The van der Waals surface area contributed by atoms with Gasteiger partial charge in [-0.05, 0) is 18.6 Å². The van der Waals surface area contributed by atoms with Gasteiger partial charge in [0, 0.05) is 6.42 Å². The Hall–Kier alpha value is 0.450. The Bertz CT molecular complexity index is 284. The Balaban J connectivity index is -0.00000180. The second-order valence-corrected chi connectivity index (χ2v) is 6.30. The summed E-state index contributed by atoms with van der Waals surface area (Å²) in [5.74, 6) is 0.422. The molecule has 0 radical (unpaired) electrons. The van der Waals surface area contributed by atoms with Crippen molar-refractivity contribution in [2.45, 2.75) is 70.8 Å². The van der Waals surface area contributed by atoms with Crippen molar-refractivity contribution in [2.75, 3.05) is 11.5 Å². The van der Waals surface area contributed by atoms with Crippen LogP contribution in [0.25, 0.3) is 0 Å². The molecule has 120 valence electrons. The van der Waals surface area contributed by atoms with Crippen LogP contribution in [0.3, 0.4) is 0 Å². The normalized spacial score (nSPS) is 11.7. The average molecular weight is 327 g/mol. The summed E-state index contributed by atoms with van der Waals surface area (Å²) >= 11 is 1.49. The van der Waals surface area contributed by atoms with Gasteiger partial charge in [-0.1, -0.05) is 45.4 Å². The number of Topliss-reactive ketones (excluding diaryl/α,β-unsaturated/α-hetero) is 1. The second kappa shape index (κ2) is 16.8. The number of nitrogens with two attached hydrogens (primary N) is 1. The molecule has 6 heteroatoms. The Morgan fingerprint density at radius 2 is 1.71 bits per heavy atom. The molecule has 0 aromatic carbocycles. The minimum atomic E-state index is -0.972. The summed E-state index contributed by atoms with van der Waals surface area (Å²) in [7, 11) is 0. The molecule has 0 saturated heterocycles. The summed E-state index contributed by atoms with van der Waals surface area (Å²) in [4.78, 5) is 22.1. The summed E-state index contributed by atoms with van der Waals surface area (Å²) in [5, 5.41) is 8.61. The van der Waals surface area contributed by atoms with Gasteiger partial charge in [0.1, 0.15) is 11.8 Å². The molecule has 0 aliphatic rings. The van der Waals surface area contributed by atoms with Crippen LogP contribution in [0.1, 0.15) is 66.1 Å². The van der Waals surface area contributed by atoms with Gasteiger partial charge in [0.2, 0.25) is 0 Å². The molecule has 0 rings (SSSR count). The van der Waals surface area contributed by atoms with Crippen molar-refractivity contribution in [1.29, 1.82) is 0 Å². The fraction of sp³-hybridized carbons (Fsp3) is 0.867. The number of aliphatic carboxylic acids is 1. The monoisotopic (exact) mass is 327 g/mol. The fourth-order valence-corrected chi connectivity index (χ4v) is 2.81. The summed E-state index contributed by atoms with van der Waals surface area (Å²) in [5.41, 5.74) is 5.38. The molecule has 0 amide bonds. The Kier molecular flexibility index (Phi) is 19.0. The first-order chi connectivity index (χ1) is 9.57. The van der Waals surface area contributed by atoms with Gasteiger partial charge in [0.15, 0.2) is 0 Å². The molecule has 0 saturated carbocycles. The van der Waals surface area contributed by atoms with Gasteiger partial charge >= 0.3 is 35.5 Å². The third kappa shape index (κ3) is 16.6. The van der Waals surface area contributed by atoms with E-state index in [0.717, 1.165) is 12.8 Å². The first-order valence-electron chi connectivity index (χ1n) is 7.65. The molecule has 0 aromatic heterocycles. The zero-order valence-electron chi connectivity index (χ0n) is 14.6. The van der Waals surface area contributed by atoms with Crippen molar-refractivity contribution in [3.63, 3.8) is 0 Å². The van der Waals surface area contributed by atoms with Crippen LogP contribution in [0.5, 0.6) is 0 Å². The molecule has 3 N–H and O–H groups in total. The molecular weight excluding hydrogens is 297 g/mol. The number of ketones is 1. The summed E-state index contributed by atoms with van der Waals surface area (Å²) in [6, 6.07) is -0.805. The fourth-order valence-electron chi connectivity index (χ4n) is 1.87. The Morgan fingerprint density at radius 3 is 2.29 bits per heavy atom. The summed E-state index contributed by atoms with van der Waals surface area (Å²) in [6.45, 7) is 2.21. The van der Waals surface area contributed by atoms with E-state index in [1.54, 1.807) is 0 Å². The molecule has 0 aliphatic heterocycles. The first-order valence-corrected chi connectivity index (χ1v) is 8.81. The first kappa shape index (κ1) is 23.7. The van der Waals surface area contributed by atoms with E-state index < -0.39 is 12.0 Å². The molecule has 0 aliphatic carbocycles. The quantitative estimate of drug-likeness (QED) is 0.355. The number of hydrogen-bond donors (Lipinski definition) is 2. The minimum Gasteiger partial charge on any atom is -1.00 e. The number of unbranched alkanes of at least 4 members (excludes halogenated alkanes) is 6. The van der Waals surface area contributed by atoms with E-state index in [-0.39, 0.29) is 36.8 Å². The summed E-state index contributed by atoms with van der Waals surface area (Å²) in [6.07, 6.45) is 9.61. The van der Waals surface area contributed by atoms with Crippen LogP contribution in [0.2, 0.25) is 0 Å². The number of carboxylic acids is 1. The van der Waals surface area contributed by atoms with E-state index in [9.17, 15) is 9.59 Å². The molecule has 0 bridgehead atoms. The third-order valence-electron chi connectivity index (χ3n) is 3.21. The number of carbonyl (C=O) groups is 2. The SMILES string of the molecule is CCCCCCCCCC(=O)CSCC[C@H](N)C(=O)O.[H-].[Na+]. The molecule has 1 atom stereocenters. The van der Waals surface area contributed by atoms with Gasteiger partial charge in [0.05, 0.1) is 5.75 Å². The predicted molar refractivity (Wildman–Crippen MR) is 86.3 cm³/mol. The van der Waals surface area contributed by atoms with E-state index in [2.05, 4.69) is 6.92 Å². The number of thioether (sulfide) groups is 1. The van der Waals surface area contributed by atoms with E-state index >= 15 is 0 Å². The second-order valence-electron chi connectivity index (χ2n) is 5.20. The van der Waals surface area contributed by atoms with E-state index in [4.69, 9.17) is 10.8 Å². The van der Waals surface area contributed by atoms with Crippen molar-refractivity contribution >= 4 is 23.5 Å². The smallest absolute Gasteiger partial charge is 1.00 e. The maximum Gasteiger partial charge on any atom is 1.00 e. The van der Waals surface area contributed by atoms with Gasteiger partial charge in [-0.15, -0.1) is 0 Å². The van der Waals surface area contributed by atoms with Gasteiger partial charge in [-0.3, -0.25) is 9.59 Å². The standard InChI is InChI=1S/C15H29NO3S.Na.H/c1-2-3-4-5-6-7-8-9-13(17)12-20-11-10-14(16)15(18)19;;/h14H,2-12,16H2,1H3,(H,18,19);;/q;+1;-1/t14-;;/m0../s1. The number of carbonyl (C=O) groups excluding carboxylic acids is 1. The number of hydrogen-bond acceptors (Lipinski definition) is 4. The minimum absolute atomic E-state index is 0. The number of carboxylic acid groups (broad SMARTS) is 1. The molecule has 0 fully saturated rings. The molecule has 0 aromatic rings. The van der Waals surface area contributed by atoms with Crippen molar-refractivity contribution in [2.24, 2.45) is 5.73 Å². The van der Waals surface area contributed by atoms with E-state index in [1.165, 1.54) is 43.9 Å². The van der Waals surface area contributed by atoms with Crippen LogP contribution in [0.15, 0.2) is 0 Å². The van der Waals surface area contributed by atoms with Gasteiger partial charge in [0.25, 0.3) is 0 Å². The molecule has 0 heterocycles. The van der Waals surface area contributed by atoms with E-state index in [1.807, 2.05) is 0 Å². The zero-order chi connectivity index (χ0) is 15.2. The molecule has 0 spiro atoms. The van der Waals surface area contributed by atoms with Crippen LogP contribution in [0, 0.1) is 0 Å². The molecule has 21 heavy (non-hydrogen) atoms. The average Bonchev–Trinajstić information content (AvgIpc) is 2.42. The van der Waals surface area contributed by atoms with Crippen molar-refractivity contribution in [1.82, 2.24) is 0 Å². The van der Waals surface area contributed by atoms with Gasteiger partial charge in [-0.25, -0.2) is 0 Å². The van der Waals surface area contributed by atoms with E-state index in [0.29, 0.717) is 24.3 Å². The predicted octanol–water partition coefficient (Wildman–Crippen LogP) is 0.348. The summed E-state index contributed by atoms with van der Waals surface area (Å²) < 4.78 is 0. The molecule has 0 unspecified atom stereocenters. The largest absolute Gasteiger partial charge is 1.00 e. The van der Waals surface area contributed by atoms with Gasteiger partial charge < -0.3 is 12.3 Å². The maximum atomic E-state index is 11.6. The maximum absolute atomic E-state index is 11.6. The Morgan fingerprint density at radius 1 is 1.14 bits per heavy atom. The molecular formula is C15H30NNaO3S. The third-order valence-corrected chi connectivity index (χ3v) is 4.26. The molecule has 4 nitrogen and oxygen atoms in total.